The number of hydrogen-bond donors (Lipinski definition) is 3. The molecule has 0 fully saturated rings. The minimum atomic E-state index is -0.562. The Hall–Kier alpha value is -3.49. The molecule has 1 aliphatic heterocycles. The summed E-state index contributed by atoms with van der Waals surface area (Å²) in [4.78, 5) is 45.3. The third-order valence-corrected chi connectivity index (χ3v) is 4.91. The molecule has 9 heteroatoms. The first-order valence-corrected chi connectivity index (χ1v) is 8.59. The van der Waals surface area contributed by atoms with Crippen LogP contribution in [0.1, 0.15) is 29.8 Å². The summed E-state index contributed by atoms with van der Waals surface area (Å²) in [5.74, 6) is -0.673. The van der Waals surface area contributed by atoms with E-state index in [2.05, 4.69) is 20.2 Å². The largest absolute Gasteiger partial charge is 0.369 e. The summed E-state index contributed by atoms with van der Waals surface area (Å²) in [5, 5.41) is 7.72. The van der Waals surface area contributed by atoms with E-state index in [0.717, 1.165) is 0 Å². The Labute approximate surface area is 153 Å². The van der Waals surface area contributed by atoms with Crippen molar-refractivity contribution in [1.82, 2.24) is 25.1 Å². The number of carbonyl (C=O) groups excluding carboxylic acids is 1. The molecule has 27 heavy (non-hydrogen) atoms. The number of anilines is 1. The number of nitrogens with zero attached hydrogens (tertiary/aromatic N) is 3. The summed E-state index contributed by atoms with van der Waals surface area (Å²) in [5.41, 5.74) is 6.66. The molecule has 0 saturated carbocycles. The van der Waals surface area contributed by atoms with Crippen LogP contribution in [-0.2, 0) is 17.8 Å². The van der Waals surface area contributed by atoms with E-state index in [1.54, 1.807) is 36.1 Å². The van der Waals surface area contributed by atoms with Gasteiger partial charge in [0.1, 0.15) is 0 Å². The topological polar surface area (TPSA) is 138 Å². The van der Waals surface area contributed by atoms with E-state index < -0.39 is 5.92 Å². The van der Waals surface area contributed by atoms with Crippen LogP contribution >= 0.6 is 0 Å². The molecule has 1 atom stereocenters. The molecule has 9 nitrogen and oxygen atoms in total. The highest BCUT2D eigenvalue weighted by Crippen LogP contribution is 2.25. The van der Waals surface area contributed by atoms with Crippen LogP contribution in [0.4, 0.5) is 5.95 Å². The molecule has 0 aliphatic carbocycles. The van der Waals surface area contributed by atoms with Gasteiger partial charge in [0.25, 0.3) is 11.1 Å². The molecule has 0 unspecified atom stereocenters. The van der Waals surface area contributed by atoms with Gasteiger partial charge in [0.15, 0.2) is 0 Å². The van der Waals surface area contributed by atoms with E-state index in [4.69, 9.17) is 5.73 Å². The number of aromatic nitrogens is 4. The summed E-state index contributed by atoms with van der Waals surface area (Å²) < 4.78 is 0. The number of hydrogen-bond acceptors (Lipinski definition) is 6. The highest BCUT2D eigenvalue weighted by atomic mass is 16.2. The molecule has 1 aliphatic rings. The summed E-state index contributed by atoms with van der Waals surface area (Å²) >= 11 is 0. The van der Waals surface area contributed by atoms with E-state index in [1.807, 2.05) is 0 Å². The van der Waals surface area contributed by atoms with Gasteiger partial charge in [-0.1, -0.05) is 18.2 Å². The Bertz CT molecular complexity index is 1170. The number of nitrogens with two attached hydrogens (primary N) is 1. The SMILES string of the molecule is C[C@@H](C(=O)N1CCc2c(nc(N)[nH]c2=O)C1)c1n[nH]c(=O)c2ccccc12. The Balaban J connectivity index is 1.67. The molecule has 0 bridgehead atoms. The van der Waals surface area contributed by atoms with Crippen LogP contribution in [0.15, 0.2) is 33.9 Å². The zero-order valence-electron chi connectivity index (χ0n) is 14.7. The Morgan fingerprint density at radius 1 is 1.22 bits per heavy atom. The Morgan fingerprint density at radius 2 is 1.96 bits per heavy atom. The highest BCUT2D eigenvalue weighted by Gasteiger charge is 2.29. The average Bonchev–Trinajstić information content (AvgIpc) is 2.67. The van der Waals surface area contributed by atoms with Crippen LogP contribution in [0.3, 0.4) is 0 Å². The molecule has 138 valence electrons. The van der Waals surface area contributed by atoms with Crippen LogP contribution in [0.25, 0.3) is 10.8 Å². The van der Waals surface area contributed by atoms with E-state index in [-0.39, 0.29) is 29.5 Å². The number of rotatable bonds is 2. The average molecular weight is 366 g/mol. The fourth-order valence-electron chi connectivity index (χ4n) is 3.50. The van der Waals surface area contributed by atoms with Gasteiger partial charge in [0.05, 0.1) is 29.2 Å². The number of benzene rings is 1. The van der Waals surface area contributed by atoms with Crippen LogP contribution in [0, 0.1) is 0 Å². The summed E-state index contributed by atoms with van der Waals surface area (Å²) in [6, 6.07) is 7.06. The van der Waals surface area contributed by atoms with Crippen molar-refractivity contribution in [3.8, 4) is 0 Å². The third-order valence-electron chi connectivity index (χ3n) is 4.91. The number of fused-ring (bicyclic) bond motifs is 2. The molecule has 0 saturated heterocycles. The maximum Gasteiger partial charge on any atom is 0.272 e. The molecule has 0 spiro atoms. The van der Waals surface area contributed by atoms with Gasteiger partial charge in [0, 0.05) is 17.5 Å². The molecular weight excluding hydrogens is 348 g/mol. The van der Waals surface area contributed by atoms with Gasteiger partial charge in [-0.25, -0.2) is 10.1 Å². The van der Waals surface area contributed by atoms with Crippen LogP contribution < -0.4 is 16.9 Å². The normalized spacial score (nSPS) is 14.8. The predicted octanol–water partition coefficient (Wildman–Crippen LogP) is 0.277. The molecule has 0 radical (unpaired) electrons. The second-order valence-corrected chi connectivity index (χ2v) is 6.59. The first-order valence-electron chi connectivity index (χ1n) is 8.59. The first kappa shape index (κ1) is 17.0. The molecule has 3 aromatic rings. The lowest BCUT2D eigenvalue weighted by atomic mass is 9.98. The van der Waals surface area contributed by atoms with Gasteiger partial charge < -0.3 is 10.6 Å². The number of carbonyl (C=O) groups is 1. The quantitative estimate of drug-likeness (QED) is 0.595. The number of H-pyrrole nitrogens is 2. The second kappa shape index (κ2) is 6.35. The van der Waals surface area contributed by atoms with Gasteiger partial charge in [0.2, 0.25) is 11.9 Å². The van der Waals surface area contributed by atoms with Crippen LogP contribution in [-0.4, -0.2) is 37.5 Å². The van der Waals surface area contributed by atoms with Crippen LogP contribution in [0.2, 0.25) is 0 Å². The molecular formula is C18H18N6O3. The lowest BCUT2D eigenvalue weighted by Gasteiger charge is -2.29. The standard InChI is InChI=1S/C18H18N6O3/c1-9(14-10-4-2-3-5-11(10)16(26)23-22-14)17(27)24-7-6-12-13(8-24)20-18(19)21-15(12)25/h2-5,9H,6-8H2,1H3,(H,23,26)(H3,19,20,21,25)/t9-/m1/s1. The number of nitrogen functional groups attached to an aromatic ring is 1. The maximum absolute atomic E-state index is 13.1. The Morgan fingerprint density at radius 3 is 2.74 bits per heavy atom. The monoisotopic (exact) mass is 366 g/mol. The van der Waals surface area contributed by atoms with Crippen molar-refractivity contribution in [2.24, 2.45) is 0 Å². The van der Waals surface area contributed by atoms with Crippen molar-refractivity contribution >= 4 is 22.6 Å². The minimum absolute atomic E-state index is 0.0365. The smallest absolute Gasteiger partial charge is 0.272 e. The molecule has 3 heterocycles. The molecule has 4 N–H and O–H groups in total. The highest BCUT2D eigenvalue weighted by molar-refractivity contribution is 5.91. The number of aromatic amines is 2. The van der Waals surface area contributed by atoms with Gasteiger partial charge >= 0.3 is 0 Å². The summed E-state index contributed by atoms with van der Waals surface area (Å²) in [6.45, 7) is 2.38. The number of nitrogens with one attached hydrogen (secondary N) is 2. The van der Waals surface area contributed by atoms with Gasteiger partial charge in [-0.05, 0) is 19.4 Å². The lowest BCUT2D eigenvalue weighted by Crippen LogP contribution is -2.41. The summed E-state index contributed by atoms with van der Waals surface area (Å²) in [7, 11) is 0. The predicted molar refractivity (Wildman–Crippen MR) is 99.2 cm³/mol. The van der Waals surface area contributed by atoms with Crippen molar-refractivity contribution < 1.29 is 4.79 Å². The number of amides is 1. The van der Waals surface area contributed by atoms with Gasteiger partial charge in [-0.15, -0.1) is 0 Å². The lowest BCUT2D eigenvalue weighted by molar-refractivity contribution is -0.133. The second-order valence-electron chi connectivity index (χ2n) is 6.59. The van der Waals surface area contributed by atoms with E-state index in [0.29, 0.717) is 40.7 Å². The fraction of sp³-hybridized carbons (Fsp3) is 0.278. The van der Waals surface area contributed by atoms with Crippen molar-refractivity contribution in [3.63, 3.8) is 0 Å². The van der Waals surface area contributed by atoms with Crippen LogP contribution in [0.5, 0.6) is 0 Å². The third kappa shape index (κ3) is 2.86. The van der Waals surface area contributed by atoms with Gasteiger partial charge in [-0.2, -0.15) is 5.10 Å². The molecule has 1 aromatic carbocycles. The fourth-order valence-corrected chi connectivity index (χ4v) is 3.50. The molecule has 4 rings (SSSR count). The van der Waals surface area contributed by atoms with E-state index in [1.165, 1.54) is 0 Å². The Kier molecular flexibility index (Phi) is 3.98. The van der Waals surface area contributed by atoms with Crippen molar-refractivity contribution in [2.45, 2.75) is 25.8 Å². The van der Waals surface area contributed by atoms with E-state index in [9.17, 15) is 14.4 Å². The first-order chi connectivity index (χ1) is 13.0. The van der Waals surface area contributed by atoms with E-state index >= 15 is 0 Å². The molecule has 1 amide bonds. The van der Waals surface area contributed by atoms with Crippen molar-refractivity contribution in [3.05, 3.63) is 61.9 Å². The summed E-state index contributed by atoms with van der Waals surface area (Å²) in [6.07, 6.45) is 0.413. The molecule has 2 aromatic heterocycles. The zero-order valence-corrected chi connectivity index (χ0v) is 14.7. The zero-order chi connectivity index (χ0) is 19.1. The van der Waals surface area contributed by atoms with Gasteiger partial charge in [-0.3, -0.25) is 19.4 Å². The van der Waals surface area contributed by atoms with Crippen molar-refractivity contribution in [2.75, 3.05) is 12.3 Å². The minimum Gasteiger partial charge on any atom is -0.369 e. The van der Waals surface area contributed by atoms with Crippen molar-refractivity contribution in [1.29, 1.82) is 0 Å². The maximum atomic E-state index is 13.1.